The maximum Gasteiger partial charge on any atom is 0.124 e. The van der Waals surface area contributed by atoms with Crippen molar-refractivity contribution in [2.45, 2.75) is 12.0 Å². The smallest absolute Gasteiger partial charge is 0.124 e. The van der Waals surface area contributed by atoms with Crippen LogP contribution < -0.4 is 0 Å². The van der Waals surface area contributed by atoms with Gasteiger partial charge in [0.25, 0.3) is 0 Å². The van der Waals surface area contributed by atoms with Crippen LogP contribution in [0.25, 0.3) is 0 Å². The van der Waals surface area contributed by atoms with E-state index < -0.39 is 5.60 Å². The highest BCUT2D eigenvalue weighted by Crippen LogP contribution is 2.36. The van der Waals surface area contributed by atoms with Crippen LogP contribution in [0.1, 0.15) is 16.9 Å². The molecule has 0 radical (unpaired) electrons. The summed E-state index contributed by atoms with van der Waals surface area (Å²) in [5.41, 5.74) is 0.0933. The van der Waals surface area contributed by atoms with Gasteiger partial charge in [-0.2, -0.15) is 0 Å². The molecule has 0 aliphatic rings. The fraction of sp³-hybridized carbons (Fsp3) is 0.231. The van der Waals surface area contributed by atoms with Crippen LogP contribution in [0, 0.1) is 0 Å². The third-order valence-electron chi connectivity index (χ3n) is 2.64. The van der Waals surface area contributed by atoms with Gasteiger partial charge in [-0.3, -0.25) is 0 Å². The molecule has 2 aromatic rings. The molecule has 1 N–H and O–H groups in total. The minimum atomic E-state index is -0.862. The summed E-state index contributed by atoms with van der Waals surface area (Å²) in [6.45, 7) is 0. The zero-order valence-electron chi connectivity index (χ0n) is 8.77. The first-order chi connectivity index (χ1) is 7.77. The SMILES string of the molecule is O[C@@](CCBr)(c1ccccc1)c1cccs1. The van der Waals surface area contributed by atoms with Crippen LogP contribution in [-0.4, -0.2) is 10.4 Å². The van der Waals surface area contributed by atoms with Gasteiger partial charge in [0.05, 0.1) is 0 Å². The van der Waals surface area contributed by atoms with E-state index in [9.17, 15) is 5.11 Å². The van der Waals surface area contributed by atoms with Gasteiger partial charge in [0.2, 0.25) is 0 Å². The third-order valence-corrected chi connectivity index (χ3v) is 4.05. The second kappa shape index (κ2) is 5.13. The topological polar surface area (TPSA) is 20.2 Å². The van der Waals surface area contributed by atoms with Gasteiger partial charge in [0, 0.05) is 10.2 Å². The molecule has 0 amide bonds. The Morgan fingerprint density at radius 3 is 2.44 bits per heavy atom. The van der Waals surface area contributed by atoms with Gasteiger partial charge in [0.1, 0.15) is 5.60 Å². The largest absolute Gasteiger partial charge is 0.380 e. The van der Waals surface area contributed by atoms with Crippen molar-refractivity contribution in [1.82, 2.24) is 0 Å². The fourth-order valence-electron chi connectivity index (χ4n) is 1.77. The first-order valence-corrected chi connectivity index (χ1v) is 7.15. The average Bonchev–Trinajstić information content (AvgIpc) is 2.84. The predicted octanol–water partition coefficient (Wildman–Crippen LogP) is 3.77. The van der Waals surface area contributed by atoms with Crippen molar-refractivity contribution in [2.24, 2.45) is 0 Å². The summed E-state index contributed by atoms with van der Waals surface area (Å²) < 4.78 is 0. The number of aliphatic hydroxyl groups is 1. The van der Waals surface area contributed by atoms with Gasteiger partial charge in [-0.05, 0) is 23.4 Å². The maximum atomic E-state index is 10.8. The summed E-state index contributed by atoms with van der Waals surface area (Å²) >= 11 is 5.01. The molecule has 0 bridgehead atoms. The Morgan fingerprint density at radius 2 is 1.88 bits per heavy atom. The molecule has 1 nitrogen and oxygen atoms in total. The van der Waals surface area contributed by atoms with E-state index in [0.29, 0.717) is 6.42 Å². The Morgan fingerprint density at radius 1 is 1.12 bits per heavy atom. The number of hydrogen-bond donors (Lipinski definition) is 1. The van der Waals surface area contributed by atoms with E-state index in [0.717, 1.165) is 15.8 Å². The Kier molecular flexibility index (Phi) is 3.79. The lowest BCUT2D eigenvalue weighted by Crippen LogP contribution is -2.26. The molecule has 1 heterocycles. The highest BCUT2D eigenvalue weighted by Gasteiger charge is 2.31. The maximum absolute atomic E-state index is 10.8. The Labute approximate surface area is 108 Å². The molecule has 1 aromatic carbocycles. The Balaban J connectivity index is 2.44. The number of halogens is 1. The van der Waals surface area contributed by atoms with E-state index in [1.54, 1.807) is 11.3 Å². The number of rotatable bonds is 4. The Hall–Kier alpha value is -0.640. The lowest BCUT2D eigenvalue weighted by Gasteiger charge is -2.27. The van der Waals surface area contributed by atoms with Gasteiger partial charge < -0.3 is 5.11 Å². The van der Waals surface area contributed by atoms with Crippen LogP contribution in [0.5, 0.6) is 0 Å². The van der Waals surface area contributed by atoms with Crippen molar-refractivity contribution >= 4 is 27.3 Å². The van der Waals surface area contributed by atoms with Crippen LogP contribution >= 0.6 is 27.3 Å². The summed E-state index contributed by atoms with van der Waals surface area (Å²) in [7, 11) is 0. The van der Waals surface area contributed by atoms with Gasteiger partial charge in [-0.1, -0.05) is 52.3 Å². The average molecular weight is 297 g/mol. The molecule has 0 saturated carbocycles. The second-order valence-electron chi connectivity index (χ2n) is 3.64. The highest BCUT2D eigenvalue weighted by atomic mass is 79.9. The van der Waals surface area contributed by atoms with Crippen molar-refractivity contribution in [3.05, 3.63) is 58.3 Å². The van der Waals surface area contributed by atoms with E-state index >= 15 is 0 Å². The highest BCUT2D eigenvalue weighted by molar-refractivity contribution is 9.09. The van der Waals surface area contributed by atoms with Crippen molar-refractivity contribution < 1.29 is 5.11 Å². The zero-order chi connectivity index (χ0) is 11.4. The van der Waals surface area contributed by atoms with E-state index in [1.165, 1.54) is 0 Å². The predicted molar refractivity (Wildman–Crippen MR) is 72.2 cm³/mol. The van der Waals surface area contributed by atoms with Crippen LogP contribution in [0.3, 0.4) is 0 Å². The quantitative estimate of drug-likeness (QED) is 0.852. The molecular formula is C13H13BrOS. The van der Waals surface area contributed by atoms with Crippen LogP contribution in [0.4, 0.5) is 0 Å². The molecule has 0 fully saturated rings. The summed E-state index contributed by atoms with van der Waals surface area (Å²) in [6.07, 6.45) is 0.678. The lowest BCUT2D eigenvalue weighted by molar-refractivity contribution is 0.0820. The van der Waals surface area contributed by atoms with Crippen LogP contribution in [0.15, 0.2) is 47.8 Å². The molecule has 0 spiro atoms. The van der Waals surface area contributed by atoms with E-state index in [2.05, 4.69) is 15.9 Å². The molecule has 1 atom stereocenters. The summed E-state index contributed by atoms with van der Waals surface area (Å²) in [6, 6.07) is 13.8. The summed E-state index contributed by atoms with van der Waals surface area (Å²) in [5, 5.41) is 13.6. The summed E-state index contributed by atoms with van der Waals surface area (Å²) in [5.74, 6) is 0. The number of alkyl halides is 1. The van der Waals surface area contributed by atoms with Crippen molar-refractivity contribution in [3.63, 3.8) is 0 Å². The number of thiophene rings is 1. The molecule has 0 aliphatic carbocycles. The molecule has 0 unspecified atom stereocenters. The molecule has 0 saturated heterocycles. The zero-order valence-corrected chi connectivity index (χ0v) is 11.2. The Bertz CT molecular complexity index is 426. The van der Waals surface area contributed by atoms with E-state index in [4.69, 9.17) is 0 Å². The van der Waals surface area contributed by atoms with Gasteiger partial charge in [0.15, 0.2) is 0 Å². The standard InChI is InChI=1S/C13H13BrOS/c14-9-8-13(15,12-7-4-10-16-12)11-5-2-1-3-6-11/h1-7,10,15H,8-9H2/t13-/m0/s1. The van der Waals surface area contributed by atoms with E-state index in [-0.39, 0.29) is 0 Å². The third kappa shape index (κ3) is 2.21. The number of hydrogen-bond acceptors (Lipinski definition) is 2. The molecular weight excluding hydrogens is 284 g/mol. The first kappa shape index (κ1) is 11.8. The van der Waals surface area contributed by atoms with Gasteiger partial charge >= 0.3 is 0 Å². The van der Waals surface area contributed by atoms with Crippen LogP contribution in [0.2, 0.25) is 0 Å². The van der Waals surface area contributed by atoms with Crippen molar-refractivity contribution in [1.29, 1.82) is 0 Å². The van der Waals surface area contributed by atoms with E-state index in [1.807, 2.05) is 47.8 Å². The van der Waals surface area contributed by atoms with Crippen molar-refractivity contribution in [3.8, 4) is 0 Å². The number of benzene rings is 1. The van der Waals surface area contributed by atoms with Crippen LogP contribution in [-0.2, 0) is 5.60 Å². The minimum Gasteiger partial charge on any atom is -0.380 e. The second-order valence-corrected chi connectivity index (χ2v) is 5.38. The van der Waals surface area contributed by atoms with Crippen molar-refractivity contribution in [2.75, 3.05) is 5.33 Å². The molecule has 1 aromatic heterocycles. The molecule has 3 heteroatoms. The lowest BCUT2D eigenvalue weighted by atomic mass is 9.90. The fourth-order valence-corrected chi connectivity index (χ4v) is 3.22. The molecule has 84 valence electrons. The molecule has 16 heavy (non-hydrogen) atoms. The first-order valence-electron chi connectivity index (χ1n) is 5.15. The molecule has 2 rings (SSSR count). The van der Waals surface area contributed by atoms with Gasteiger partial charge in [-0.25, -0.2) is 0 Å². The normalized spacial score (nSPS) is 14.6. The minimum absolute atomic E-state index is 0.678. The monoisotopic (exact) mass is 296 g/mol. The summed E-state index contributed by atoms with van der Waals surface area (Å²) in [4.78, 5) is 0.998. The van der Waals surface area contributed by atoms with Gasteiger partial charge in [-0.15, -0.1) is 11.3 Å². The molecule has 0 aliphatic heterocycles.